The van der Waals surface area contributed by atoms with Crippen LogP contribution in [0.25, 0.3) is 0 Å². The number of carbonyl (C=O) groups excluding carboxylic acids is 1. The molecular formula is C15H17F3N6O. The topological polar surface area (TPSA) is 75.9 Å². The van der Waals surface area contributed by atoms with Gasteiger partial charge in [0.1, 0.15) is 0 Å². The van der Waals surface area contributed by atoms with Crippen LogP contribution < -0.4 is 10.2 Å². The van der Waals surface area contributed by atoms with Crippen molar-refractivity contribution in [3.63, 3.8) is 0 Å². The quantitative estimate of drug-likeness (QED) is 0.911. The van der Waals surface area contributed by atoms with Crippen LogP contribution in [0.15, 0.2) is 24.4 Å². The van der Waals surface area contributed by atoms with Crippen molar-refractivity contribution in [2.24, 2.45) is 0 Å². The van der Waals surface area contributed by atoms with Crippen LogP contribution in [-0.2, 0) is 6.18 Å². The molecule has 1 amide bonds. The number of alkyl halides is 3. The number of rotatable bonds is 3. The summed E-state index contributed by atoms with van der Waals surface area (Å²) in [6.45, 7) is 1.20. The molecular weight excluding hydrogens is 337 g/mol. The average Bonchev–Trinajstić information content (AvgIpc) is 3.12. The second-order valence-electron chi connectivity index (χ2n) is 5.78. The molecule has 1 atom stereocenters. The van der Waals surface area contributed by atoms with Gasteiger partial charge in [-0.05, 0) is 31.0 Å². The molecule has 1 unspecified atom stereocenters. The van der Waals surface area contributed by atoms with Crippen molar-refractivity contribution in [1.29, 1.82) is 0 Å². The first-order valence-corrected chi connectivity index (χ1v) is 7.81. The molecule has 1 N–H and O–H groups in total. The molecule has 0 radical (unpaired) electrons. The highest BCUT2D eigenvalue weighted by Crippen LogP contribution is 2.30. The van der Waals surface area contributed by atoms with Gasteiger partial charge in [-0.1, -0.05) is 0 Å². The van der Waals surface area contributed by atoms with Gasteiger partial charge in [-0.3, -0.25) is 9.48 Å². The number of hydrogen-bond donors (Lipinski definition) is 1. The maximum absolute atomic E-state index is 12.7. The Labute approximate surface area is 141 Å². The van der Waals surface area contributed by atoms with Crippen molar-refractivity contribution >= 4 is 11.7 Å². The summed E-state index contributed by atoms with van der Waals surface area (Å²) in [5.41, 5.74) is -0.680. The molecule has 10 heteroatoms. The standard InChI is InChI=1S/C15H17F3N6O/c1-19-14(25)11-4-5-13(21-20-11)23-7-2-3-10(9-23)24-8-6-12(22-24)15(16,17)18/h4-6,8,10H,2-3,7,9H2,1H3,(H,19,25). The van der Waals surface area contributed by atoms with Gasteiger partial charge < -0.3 is 10.2 Å². The average molecular weight is 354 g/mol. The van der Waals surface area contributed by atoms with E-state index in [1.807, 2.05) is 4.90 Å². The highest BCUT2D eigenvalue weighted by Gasteiger charge is 2.34. The fourth-order valence-electron chi connectivity index (χ4n) is 2.81. The molecule has 1 aliphatic rings. The van der Waals surface area contributed by atoms with E-state index >= 15 is 0 Å². The van der Waals surface area contributed by atoms with E-state index < -0.39 is 11.9 Å². The second kappa shape index (κ2) is 6.69. The third-order valence-electron chi connectivity index (χ3n) is 4.10. The molecule has 25 heavy (non-hydrogen) atoms. The lowest BCUT2D eigenvalue weighted by atomic mass is 10.1. The summed E-state index contributed by atoms with van der Waals surface area (Å²) in [4.78, 5) is 13.4. The number of aromatic nitrogens is 4. The largest absolute Gasteiger partial charge is 0.435 e. The molecule has 134 valence electrons. The van der Waals surface area contributed by atoms with Gasteiger partial charge in [0.2, 0.25) is 0 Å². The van der Waals surface area contributed by atoms with Crippen molar-refractivity contribution in [2.75, 3.05) is 25.0 Å². The third kappa shape index (κ3) is 3.72. The van der Waals surface area contributed by atoms with Gasteiger partial charge in [0.15, 0.2) is 17.2 Å². The van der Waals surface area contributed by atoms with Crippen LogP contribution in [-0.4, -0.2) is 46.0 Å². The predicted octanol–water partition coefficient (Wildman–Crippen LogP) is 1.89. The van der Waals surface area contributed by atoms with E-state index in [1.54, 1.807) is 12.1 Å². The Bertz CT molecular complexity index is 742. The third-order valence-corrected chi connectivity index (χ3v) is 4.10. The summed E-state index contributed by atoms with van der Waals surface area (Å²) in [5.74, 6) is 0.257. The van der Waals surface area contributed by atoms with Crippen LogP contribution in [0, 0.1) is 0 Å². The fraction of sp³-hybridized carbons (Fsp3) is 0.467. The van der Waals surface area contributed by atoms with Crippen LogP contribution in [0.4, 0.5) is 19.0 Å². The summed E-state index contributed by atoms with van der Waals surface area (Å²) in [6, 6.07) is 4.06. The first kappa shape index (κ1) is 17.2. The minimum Gasteiger partial charge on any atom is -0.354 e. The normalized spacial score (nSPS) is 18.2. The molecule has 7 nitrogen and oxygen atoms in total. The van der Waals surface area contributed by atoms with E-state index in [0.717, 1.165) is 25.5 Å². The van der Waals surface area contributed by atoms with Crippen LogP contribution >= 0.6 is 0 Å². The molecule has 0 spiro atoms. The minimum atomic E-state index is -4.44. The molecule has 1 aliphatic heterocycles. The molecule has 1 fully saturated rings. The fourth-order valence-corrected chi connectivity index (χ4v) is 2.81. The number of anilines is 1. The number of piperidine rings is 1. The lowest BCUT2D eigenvalue weighted by Gasteiger charge is -2.33. The number of nitrogens with one attached hydrogen (secondary N) is 1. The number of nitrogens with zero attached hydrogens (tertiary/aromatic N) is 5. The van der Waals surface area contributed by atoms with E-state index in [4.69, 9.17) is 0 Å². The van der Waals surface area contributed by atoms with Gasteiger partial charge in [-0.15, -0.1) is 10.2 Å². The zero-order chi connectivity index (χ0) is 18.0. The smallest absolute Gasteiger partial charge is 0.354 e. The Morgan fingerprint density at radius 1 is 1.28 bits per heavy atom. The lowest BCUT2D eigenvalue weighted by molar-refractivity contribution is -0.141. The van der Waals surface area contributed by atoms with E-state index in [1.165, 1.54) is 17.9 Å². The van der Waals surface area contributed by atoms with E-state index in [9.17, 15) is 18.0 Å². The Kier molecular flexibility index (Phi) is 4.60. The van der Waals surface area contributed by atoms with Crippen molar-refractivity contribution in [2.45, 2.75) is 25.1 Å². The van der Waals surface area contributed by atoms with E-state index in [2.05, 4.69) is 20.6 Å². The van der Waals surface area contributed by atoms with Gasteiger partial charge in [-0.25, -0.2) is 0 Å². The summed E-state index contributed by atoms with van der Waals surface area (Å²) < 4.78 is 39.5. The molecule has 0 aliphatic carbocycles. The van der Waals surface area contributed by atoms with Crippen molar-refractivity contribution in [3.8, 4) is 0 Å². The minimum absolute atomic E-state index is 0.176. The number of halogens is 3. The highest BCUT2D eigenvalue weighted by atomic mass is 19.4. The maximum atomic E-state index is 12.7. The van der Waals surface area contributed by atoms with E-state index in [-0.39, 0.29) is 17.6 Å². The van der Waals surface area contributed by atoms with Gasteiger partial charge in [0.25, 0.3) is 5.91 Å². The molecule has 0 bridgehead atoms. The van der Waals surface area contributed by atoms with Crippen LogP contribution in [0.2, 0.25) is 0 Å². The molecule has 2 aromatic rings. The molecule has 2 aromatic heterocycles. The molecule has 0 aromatic carbocycles. The van der Waals surface area contributed by atoms with Crippen molar-refractivity contribution < 1.29 is 18.0 Å². The Hall–Kier alpha value is -2.65. The van der Waals surface area contributed by atoms with Crippen LogP contribution in [0.1, 0.15) is 35.1 Å². The Morgan fingerprint density at radius 3 is 2.68 bits per heavy atom. The van der Waals surface area contributed by atoms with Gasteiger partial charge in [0, 0.05) is 26.3 Å². The first-order valence-electron chi connectivity index (χ1n) is 7.81. The summed E-state index contributed by atoms with van der Waals surface area (Å²) in [7, 11) is 1.51. The summed E-state index contributed by atoms with van der Waals surface area (Å²) in [6.07, 6.45) is -1.55. The van der Waals surface area contributed by atoms with Crippen LogP contribution in [0.5, 0.6) is 0 Å². The van der Waals surface area contributed by atoms with Gasteiger partial charge in [0.05, 0.1) is 6.04 Å². The summed E-state index contributed by atoms with van der Waals surface area (Å²) in [5, 5.41) is 14.1. The zero-order valence-corrected chi connectivity index (χ0v) is 13.5. The second-order valence-corrected chi connectivity index (χ2v) is 5.78. The molecule has 3 rings (SSSR count). The first-order chi connectivity index (χ1) is 11.9. The number of amides is 1. The number of carbonyl (C=O) groups is 1. The van der Waals surface area contributed by atoms with E-state index in [0.29, 0.717) is 12.4 Å². The molecule has 1 saturated heterocycles. The highest BCUT2D eigenvalue weighted by molar-refractivity contribution is 5.91. The SMILES string of the molecule is CNC(=O)c1ccc(N2CCCC(n3ccc(C(F)(F)F)n3)C2)nn1. The Balaban J connectivity index is 1.73. The van der Waals surface area contributed by atoms with Crippen LogP contribution in [0.3, 0.4) is 0 Å². The maximum Gasteiger partial charge on any atom is 0.435 e. The summed E-state index contributed by atoms with van der Waals surface area (Å²) >= 11 is 0. The van der Waals surface area contributed by atoms with Gasteiger partial charge in [-0.2, -0.15) is 18.3 Å². The zero-order valence-electron chi connectivity index (χ0n) is 13.5. The monoisotopic (exact) mass is 354 g/mol. The predicted molar refractivity (Wildman–Crippen MR) is 83.1 cm³/mol. The molecule has 0 saturated carbocycles. The van der Waals surface area contributed by atoms with Gasteiger partial charge >= 0.3 is 6.18 Å². The molecule has 3 heterocycles. The Morgan fingerprint density at radius 2 is 2.08 bits per heavy atom. The van der Waals surface area contributed by atoms with Crippen molar-refractivity contribution in [1.82, 2.24) is 25.3 Å². The van der Waals surface area contributed by atoms with Crippen molar-refractivity contribution in [3.05, 3.63) is 35.8 Å². The lowest BCUT2D eigenvalue weighted by Crippen LogP contribution is -2.37. The number of hydrogen-bond acceptors (Lipinski definition) is 5.